The first-order valence-electron chi connectivity index (χ1n) is 5.30. The van der Waals surface area contributed by atoms with Gasteiger partial charge in [0, 0.05) is 12.8 Å². The summed E-state index contributed by atoms with van der Waals surface area (Å²) in [4.78, 5) is 22.6. The van der Waals surface area contributed by atoms with Crippen molar-refractivity contribution in [2.24, 2.45) is 17.8 Å². The Morgan fingerprint density at radius 3 is 2.79 bits per heavy atom. The molecule has 0 saturated heterocycles. The highest BCUT2D eigenvalue weighted by atomic mass is 16.5. The minimum atomic E-state index is -0.0909. The topological polar surface area (TPSA) is 43.4 Å². The molecule has 0 radical (unpaired) electrons. The Labute approximate surface area is 83.8 Å². The summed E-state index contributed by atoms with van der Waals surface area (Å²) in [5.41, 5.74) is 0. The fourth-order valence-electron chi connectivity index (χ4n) is 2.92. The minimum Gasteiger partial charge on any atom is -0.469 e. The second-order valence-electron chi connectivity index (χ2n) is 4.49. The van der Waals surface area contributed by atoms with Crippen LogP contribution in [0.1, 0.15) is 32.1 Å². The molecular weight excluding hydrogens is 180 g/mol. The van der Waals surface area contributed by atoms with E-state index in [1.165, 1.54) is 7.11 Å². The van der Waals surface area contributed by atoms with Crippen LogP contribution in [0.15, 0.2) is 0 Å². The molecule has 0 aromatic carbocycles. The molecule has 2 rings (SSSR count). The van der Waals surface area contributed by atoms with Crippen LogP contribution < -0.4 is 0 Å². The molecule has 3 nitrogen and oxygen atoms in total. The molecule has 2 saturated carbocycles. The zero-order valence-corrected chi connectivity index (χ0v) is 8.49. The Kier molecular flexibility index (Phi) is 2.57. The quantitative estimate of drug-likeness (QED) is 0.598. The number of carbonyl (C=O) groups is 2. The van der Waals surface area contributed by atoms with E-state index in [4.69, 9.17) is 4.74 Å². The van der Waals surface area contributed by atoms with E-state index in [1.54, 1.807) is 0 Å². The molecule has 0 heterocycles. The molecule has 78 valence electrons. The molecule has 0 aromatic rings. The maximum atomic E-state index is 11.3. The van der Waals surface area contributed by atoms with Crippen LogP contribution in [-0.4, -0.2) is 18.9 Å². The molecule has 3 heteroatoms. The Hall–Kier alpha value is -0.860. The zero-order valence-electron chi connectivity index (χ0n) is 8.49. The van der Waals surface area contributed by atoms with Crippen molar-refractivity contribution in [1.82, 2.24) is 0 Å². The van der Waals surface area contributed by atoms with E-state index in [1.807, 2.05) is 0 Å². The average molecular weight is 196 g/mol. The molecule has 0 amide bonds. The summed E-state index contributed by atoms with van der Waals surface area (Å²) < 4.78 is 4.74. The van der Waals surface area contributed by atoms with Crippen molar-refractivity contribution < 1.29 is 14.3 Å². The van der Waals surface area contributed by atoms with Crippen molar-refractivity contribution in [2.45, 2.75) is 32.1 Å². The standard InChI is InChI=1S/C11H16O3/c1-14-11(13)9-4-7-2-3-10(12)6-8(7)5-9/h7-9H,2-6H2,1H3/t7-,8-,9-/m0/s1. The van der Waals surface area contributed by atoms with E-state index in [2.05, 4.69) is 0 Å². The lowest BCUT2D eigenvalue weighted by Crippen LogP contribution is -2.20. The molecule has 2 fully saturated rings. The number of hydrogen-bond donors (Lipinski definition) is 0. The summed E-state index contributed by atoms with van der Waals surface area (Å²) in [6.07, 6.45) is 4.19. The van der Waals surface area contributed by atoms with Gasteiger partial charge in [-0.15, -0.1) is 0 Å². The number of rotatable bonds is 1. The van der Waals surface area contributed by atoms with Crippen LogP contribution >= 0.6 is 0 Å². The lowest BCUT2D eigenvalue weighted by atomic mass is 9.81. The molecule has 3 atom stereocenters. The van der Waals surface area contributed by atoms with E-state index in [-0.39, 0.29) is 11.9 Å². The third-order valence-corrected chi connectivity index (χ3v) is 3.66. The number of ketones is 1. The third kappa shape index (κ3) is 1.68. The predicted octanol–water partition coefficient (Wildman–Crippen LogP) is 1.55. The van der Waals surface area contributed by atoms with Crippen LogP contribution in [-0.2, 0) is 14.3 Å². The summed E-state index contributed by atoms with van der Waals surface area (Å²) in [5.74, 6) is 1.39. The summed E-state index contributed by atoms with van der Waals surface area (Å²) in [7, 11) is 1.44. The lowest BCUT2D eigenvalue weighted by Gasteiger charge is -2.23. The SMILES string of the molecule is COC(=O)[C@@H]1C[C@H]2CC(=O)CC[C@H]2C1. The molecular formula is C11H16O3. The van der Waals surface area contributed by atoms with E-state index in [9.17, 15) is 9.59 Å². The third-order valence-electron chi connectivity index (χ3n) is 3.66. The van der Waals surface area contributed by atoms with Gasteiger partial charge in [0.25, 0.3) is 0 Å². The Balaban J connectivity index is 1.98. The zero-order chi connectivity index (χ0) is 10.1. The van der Waals surface area contributed by atoms with Gasteiger partial charge in [0.15, 0.2) is 0 Å². The summed E-state index contributed by atoms with van der Waals surface area (Å²) in [6.45, 7) is 0. The highest BCUT2D eigenvalue weighted by Crippen LogP contribution is 2.44. The summed E-state index contributed by atoms with van der Waals surface area (Å²) in [6, 6.07) is 0. The molecule has 0 spiro atoms. The minimum absolute atomic E-state index is 0.0564. The molecule has 0 bridgehead atoms. The maximum Gasteiger partial charge on any atom is 0.308 e. The number of carbonyl (C=O) groups excluding carboxylic acids is 2. The van der Waals surface area contributed by atoms with Crippen LogP contribution in [0.2, 0.25) is 0 Å². The second kappa shape index (κ2) is 3.71. The number of methoxy groups -OCH3 is 1. The Morgan fingerprint density at radius 2 is 2.07 bits per heavy atom. The van der Waals surface area contributed by atoms with Gasteiger partial charge in [0.05, 0.1) is 13.0 Å². The van der Waals surface area contributed by atoms with Gasteiger partial charge in [-0.25, -0.2) is 0 Å². The van der Waals surface area contributed by atoms with Crippen molar-refractivity contribution in [3.8, 4) is 0 Å². The average Bonchev–Trinajstić information content (AvgIpc) is 2.59. The number of esters is 1. The molecule has 0 N–H and O–H groups in total. The molecule has 0 unspecified atom stereocenters. The molecule has 2 aliphatic rings. The van der Waals surface area contributed by atoms with Gasteiger partial charge >= 0.3 is 5.97 Å². The maximum absolute atomic E-state index is 11.3. The largest absolute Gasteiger partial charge is 0.469 e. The smallest absolute Gasteiger partial charge is 0.308 e. The first kappa shape index (κ1) is 9.69. The molecule has 2 aliphatic carbocycles. The van der Waals surface area contributed by atoms with E-state index < -0.39 is 0 Å². The van der Waals surface area contributed by atoms with Crippen LogP contribution in [0.3, 0.4) is 0 Å². The van der Waals surface area contributed by atoms with Crippen LogP contribution in [0, 0.1) is 17.8 Å². The van der Waals surface area contributed by atoms with Gasteiger partial charge in [-0.2, -0.15) is 0 Å². The van der Waals surface area contributed by atoms with Gasteiger partial charge in [-0.3, -0.25) is 9.59 Å². The predicted molar refractivity (Wildman–Crippen MR) is 50.6 cm³/mol. The van der Waals surface area contributed by atoms with Crippen molar-refractivity contribution in [2.75, 3.05) is 7.11 Å². The highest BCUT2D eigenvalue weighted by molar-refractivity contribution is 5.80. The van der Waals surface area contributed by atoms with Crippen molar-refractivity contribution >= 4 is 11.8 Å². The number of ether oxygens (including phenoxy) is 1. The molecule has 14 heavy (non-hydrogen) atoms. The van der Waals surface area contributed by atoms with Crippen molar-refractivity contribution in [3.63, 3.8) is 0 Å². The monoisotopic (exact) mass is 196 g/mol. The number of hydrogen-bond acceptors (Lipinski definition) is 3. The Bertz CT molecular complexity index is 259. The van der Waals surface area contributed by atoms with Gasteiger partial charge < -0.3 is 4.74 Å². The second-order valence-corrected chi connectivity index (χ2v) is 4.49. The van der Waals surface area contributed by atoms with E-state index in [0.717, 1.165) is 25.7 Å². The summed E-state index contributed by atoms with van der Waals surface area (Å²) >= 11 is 0. The van der Waals surface area contributed by atoms with E-state index >= 15 is 0 Å². The first-order chi connectivity index (χ1) is 6.70. The first-order valence-corrected chi connectivity index (χ1v) is 5.30. The van der Waals surface area contributed by atoms with Gasteiger partial charge in [-0.1, -0.05) is 0 Å². The fourth-order valence-corrected chi connectivity index (χ4v) is 2.92. The lowest BCUT2D eigenvalue weighted by molar-refractivity contribution is -0.145. The van der Waals surface area contributed by atoms with Crippen molar-refractivity contribution in [1.29, 1.82) is 0 Å². The van der Waals surface area contributed by atoms with Crippen LogP contribution in [0.5, 0.6) is 0 Å². The van der Waals surface area contributed by atoms with E-state index in [0.29, 0.717) is 24.0 Å². The van der Waals surface area contributed by atoms with Crippen molar-refractivity contribution in [3.05, 3.63) is 0 Å². The Morgan fingerprint density at radius 1 is 1.36 bits per heavy atom. The van der Waals surface area contributed by atoms with Gasteiger partial charge in [0.2, 0.25) is 0 Å². The van der Waals surface area contributed by atoms with Crippen LogP contribution in [0.25, 0.3) is 0 Å². The van der Waals surface area contributed by atoms with Gasteiger partial charge in [-0.05, 0) is 31.1 Å². The fraction of sp³-hybridized carbons (Fsp3) is 0.818. The van der Waals surface area contributed by atoms with Gasteiger partial charge in [0.1, 0.15) is 5.78 Å². The summed E-state index contributed by atoms with van der Waals surface area (Å²) in [5, 5.41) is 0. The number of fused-ring (bicyclic) bond motifs is 1. The highest BCUT2D eigenvalue weighted by Gasteiger charge is 2.41. The normalized spacial score (nSPS) is 36.6. The van der Waals surface area contributed by atoms with Crippen LogP contribution in [0.4, 0.5) is 0 Å². The number of Topliss-reactive ketones (excluding diaryl/α,β-unsaturated/α-hetero) is 1. The molecule has 0 aromatic heterocycles. The molecule has 0 aliphatic heterocycles.